The Morgan fingerprint density at radius 1 is 1.03 bits per heavy atom. The van der Waals surface area contributed by atoms with E-state index in [-0.39, 0.29) is 5.91 Å². The predicted molar refractivity (Wildman–Crippen MR) is 138 cm³/mol. The number of carbonyl (C=O) groups excluding carboxylic acids is 1. The molecule has 5 nitrogen and oxygen atoms in total. The number of aryl methyl sites for hydroxylation is 2. The molecule has 170 valence electrons. The van der Waals surface area contributed by atoms with Crippen LogP contribution in [0.4, 0.5) is 5.69 Å². The average Bonchev–Trinajstić information content (AvgIpc) is 3.28. The summed E-state index contributed by atoms with van der Waals surface area (Å²) >= 11 is 1.42. The molecule has 33 heavy (non-hydrogen) atoms. The summed E-state index contributed by atoms with van der Waals surface area (Å²) in [7, 11) is 1.64. The Morgan fingerprint density at radius 3 is 2.33 bits per heavy atom. The second-order valence-corrected chi connectivity index (χ2v) is 8.94. The van der Waals surface area contributed by atoms with E-state index < -0.39 is 0 Å². The second-order valence-electron chi connectivity index (χ2n) is 7.93. The number of carbonyl (C=O) groups is 1. The predicted octanol–water partition coefficient (Wildman–Crippen LogP) is 6.29. The van der Waals surface area contributed by atoms with Crippen molar-refractivity contribution in [2.24, 2.45) is 4.99 Å². The molecular formula is C27H29N3O2S. The van der Waals surface area contributed by atoms with Crippen LogP contribution in [-0.2, 0) is 11.2 Å². The Balaban J connectivity index is 1.66. The van der Waals surface area contributed by atoms with E-state index in [2.05, 4.69) is 55.7 Å². The number of methoxy groups -OCH3 is 1. The van der Waals surface area contributed by atoms with Crippen LogP contribution in [0.2, 0.25) is 0 Å². The summed E-state index contributed by atoms with van der Waals surface area (Å²) in [6, 6.07) is 18.3. The van der Waals surface area contributed by atoms with Crippen LogP contribution in [0.5, 0.6) is 5.75 Å². The van der Waals surface area contributed by atoms with Crippen molar-refractivity contribution in [3.8, 4) is 11.4 Å². The van der Waals surface area contributed by atoms with Crippen LogP contribution in [0.15, 0.2) is 64.5 Å². The van der Waals surface area contributed by atoms with Crippen molar-refractivity contribution in [3.63, 3.8) is 0 Å². The molecule has 3 aromatic rings. The highest BCUT2D eigenvalue weighted by molar-refractivity contribution is 8.18. The molecule has 2 aromatic carbocycles. The molecule has 6 heteroatoms. The van der Waals surface area contributed by atoms with Gasteiger partial charge in [0.15, 0.2) is 5.17 Å². The molecule has 1 aromatic heterocycles. The number of hydrogen-bond acceptors (Lipinski definition) is 4. The van der Waals surface area contributed by atoms with E-state index in [4.69, 9.17) is 9.73 Å². The number of aliphatic imine (C=N–C) groups is 1. The third-order valence-electron chi connectivity index (χ3n) is 5.86. The molecule has 1 saturated heterocycles. The van der Waals surface area contributed by atoms with Crippen LogP contribution in [0, 0.1) is 13.8 Å². The highest BCUT2D eigenvalue weighted by atomic mass is 32.2. The van der Waals surface area contributed by atoms with Crippen LogP contribution in [-0.4, -0.2) is 34.2 Å². The summed E-state index contributed by atoms with van der Waals surface area (Å²) in [6.07, 6.45) is 3.01. The SMILES string of the molecule is CCc1ccc(-n2c(C)cc(/C=C3/SC(=Nc4ccc(OC)cc4)N(CC)C3=O)c2C)cc1. The molecule has 4 rings (SSSR count). The number of hydrogen-bond donors (Lipinski definition) is 0. The van der Waals surface area contributed by atoms with Crippen LogP contribution < -0.4 is 4.74 Å². The lowest BCUT2D eigenvalue weighted by molar-refractivity contribution is -0.122. The van der Waals surface area contributed by atoms with Crippen molar-refractivity contribution < 1.29 is 9.53 Å². The van der Waals surface area contributed by atoms with E-state index in [1.54, 1.807) is 12.0 Å². The number of amidine groups is 1. The highest BCUT2D eigenvalue weighted by Crippen LogP contribution is 2.35. The zero-order valence-electron chi connectivity index (χ0n) is 19.8. The first-order valence-electron chi connectivity index (χ1n) is 11.2. The number of benzene rings is 2. The number of nitrogens with zero attached hydrogens (tertiary/aromatic N) is 3. The smallest absolute Gasteiger partial charge is 0.266 e. The van der Waals surface area contributed by atoms with Crippen molar-refractivity contribution in [3.05, 3.63) is 82.0 Å². The van der Waals surface area contributed by atoms with Gasteiger partial charge in [-0.05, 0) is 98.6 Å². The molecule has 1 fully saturated rings. The minimum Gasteiger partial charge on any atom is -0.497 e. The first kappa shape index (κ1) is 22.9. The second kappa shape index (κ2) is 9.71. The standard InChI is InChI=1S/C27H29N3O2S/c1-6-20-8-12-23(13-9-20)30-18(3)16-21(19(30)4)17-25-26(31)29(7-2)27(33-25)28-22-10-14-24(32-5)15-11-22/h8-17H,6-7H2,1-5H3/b25-17+,28-27?. The molecule has 0 N–H and O–H groups in total. The van der Waals surface area contributed by atoms with Gasteiger partial charge >= 0.3 is 0 Å². The normalized spacial score (nSPS) is 16.3. The van der Waals surface area contributed by atoms with Gasteiger partial charge in [-0.2, -0.15) is 0 Å². The first-order valence-corrected chi connectivity index (χ1v) is 12.0. The number of aromatic nitrogens is 1. The molecule has 0 bridgehead atoms. The summed E-state index contributed by atoms with van der Waals surface area (Å²) in [5.41, 5.74) is 6.54. The largest absolute Gasteiger partial charge is 0.497 e. The molecule has 0 spiro atoms. The van der Waals surface area contributed by atoms with Gasteiger partial charge in [-0.3, -0.25) is 9.69 Å². The molecule has 2 heterocycles. The lowest BCUT2D eigenvalue weighted by Gasteiger charge is -2.12. The Morgan fingerprint density at radius 2 is 1.73 bits per heavy atom. The molecule has 1 aliphatic rings. The van der Waals surface area contributed by atoms with E-state index in [9.17, 15) is 4.79 Å². The van der Waals surface area contributed by atoms with Crippen LogP contribution in [0.1, 0.15) is 36.4 Å². The van der Waals surface area contributed by atoms with Crippen molar-refractivity contribution in [2.45, 2.75) is 34.1 Å². The quantitative estimate of drug-likeness (QED) is 0.407. The van der Waals surface area contributed by atoms with Gasteiger partial charge in [0.25, 0.3) is 5.91 Å². The van der Waals surface area contributed by atoms with Gasteiger partial charge in [-0.1, -0.05) is 19.1 Å². The van der Waals surface area contributed by atoms with Crippen molar-refractivity contribution >= 4 is 34.6 Å². The van der Waals surface area contributed by atoms with E-state index in [0.29, 0.717) is 16.6 Å². The van der Waals surface area contributed by atoms with Gasteiger partial charge in [0.1, 0.15) is 5.75 Å². The molecule has 1 amide bonds. The molecule has 1 aliphatic heterocycles. The molecule has 0 atom stereocenters. The molecular weight excluding hydrogens is 430 g/mol. The maximum atomic E-state index is 13.1. The average molecular weight is 460 g/mol. The number of likely N-dealkylation sites (N-methyl/N-ethyl adjacent to an activating group) is 1. The van der Waals surface area contributed by atoms with Gasteiger partial charge in [-0.25, -0.2) is 4.99 Å². The number of amides is 1. The van der Waals surface area contributed by atoms with Crippen molar-refractivity contribution in [1.29, 1.82) is 0 Å². The maximum Gasteiger partial charge on any atom is 0.266 e. The molecule has 0 unspecified atom stereocenters. The third kappa shape index (κ3) is 4.62. The fourth-order valence-corrected chi connectivity index (χ4v) is 5.04. The summed E-state index contributed by atoms with van der Waals surface area (Å²) < 4.78 is 7.45. The summed E-state index contributed by atoms with van der Waals surface area (Å²) in [5, 5.41) is 0.697. The van der Waals surface area contributed by atoms with Gasteiger partial charge in [-0.15, -0.1) is 0 Å². The monoisotopic (exact) mass is 459 g/mol. The van der Waals surface area contributed by atoms with Crippen molar-refractivity contribution in [2.75, 3.05) is 13.7 Å². The van der Waals surface area contributed by atoms with Crippen LogP contribution in [0.3, 0.4) is 0 Å². The Hall–Kier alpha value is -3.25. The van der Waals surface area contributed by atoms with E-state index in [0.717, 1.165) is 40.5 Å². The third-order valence-corrected chi connectivity index (χ3v) is 6.87. The lowest BCUT2D eigenvalue weighted by atomic mass is 10.1. The summed E-state index contributed by atoms with van der Waals surface area (Å²) in [4.78, 5) is 20.2. The minimum absolute atomic E-state index is 0.00753. The van der Waals surface area contributed by atoms with E-state index >= 15 is 0 Å². The zero-order valence-corrected chi connectivity index (χ0v) is 20.6. The van der Waals surface area contributed by atoms with Gasteiger partial charge in [0, 0.05) is 23.6 Å². The van der Waals surface area contributed by atoms with E-state index in [1.165, 1.54) is 17.3 Å². The molecule has 0 radical (unpaired) electrons. The van der Waals surface area contributed by atoms with Gasteiger partial charge < -0.3 is 9.30 Å². The van der Waals surface area contributed by atoms with Crippen molar-refractivity contribution in [1.82, 2.24) is 9.47 Å². The fraction of sp³-hybridized carbons (Fsp3) is 0.259. The molecule has 0 saturated carbocycles. The number of ether oxygens (including phenoxy) is 1. The molecule has 0 aliphatic carbocycles. The Bertz CT molecular complexity index is 1220. The Labute approximate surface area is 199 Å². The maximum absolute atomic E-state index is 13.1. The number of rotatable bonds is 6. The highest BCUT2D eigenvalue weighted by Gasteiger charge is 2.32. The van der Waals surface area contributed by atoms with Crippen LogP contribution >= 0.6 is 11.8 Å². The zero-order chi connectivity index (χ0) is 23.5. The van der Waals surface area contributed by atoms with Gasteiger partial charge in [0.05, 0.1) is 17.7 Å². The lowest BCUT2D eigenvalue weighted by Crippen LogP contribution is -2.28. The van der Waals surface area contributed by atoms with Gasteiger partial charge in [0.2, 0.25) is 0 Å². The summed E-state index contributed by atoms with van der Waals surface area (Å²) in [6.45, 7) is 8.90. The summed E-state index contributed by atoms with van der Waals surface area (Å²) in [5.74, 6) is 0.772. The number of thioether (sulfide) groups is 1. The first-order chi connectivity index (χ1) is 15.9. The minimum atomic E-state index is -0.00753. The van der Waals surface area contributed by atoms with E-state index in [1.807, 2.05) is 37.3 Å². The Kier molecular flexibility index (Phi) is 6.75. The van der Waals surface area contributed by atoms with Crippen LogP contribution in [0.25, 0.3) is 11.8 Å². The fourth-order valence-electron chi connectivity index (χ4n) is 3.99. The topological polar surface area (TPSA) is 46.8 Å².